The lowest BCUT2D eigenvalue weighted by Gasteiger charge is -2.32. The fourth-order valence-corrected chi connectivity index (χ4v) is 2.54. The number of likely N-dealkylation sites (tertiary alicyclic amines) is 1. The minimum atomic E-state index is -1.32. The second-order valence-corrected chi connectivity index (χ2v) is 12.0. The highest BCUT2D eigenvalue weighted by Gasteiger charge is 2.26. The number of carbonyl (C=O) groups excluding carboxylic acids is 1. The standard InChI is InChI=1S/C15H27NO2Si/c1-15(2,3)18-14(17)16-10-7-8-13(12-16)9-11-19(4,5)6/h13H,7-8,10,12H2,1-6H3. The van der Waals surface area contributed by atoms with Gasteiger partial charge in [-0.15, -0.1) is 11.5 Å². The molecule has 1 rings (SSSR count). The van der Waals surface area contributed by atoms with E-state index in [4.69, 9.17) is 4.74 Å². The Morgan fingerprint density at radius 2 is 1.95 bits per heavy atom. The molecule has 0 bridgehead atoms. The highest BCUT2D eigenvalue weighted by Crippen LogP contribution is 2.19. The van der Waals surface area contributed by atoms with Crippen molar-refractivity contribution >= 4 is 14.2 Å². The normalized spacial score (nSPS) is 20.5. The van der Waals surface area contributed by atoms with Crippen LogP contribution in [0.2, 0.25) is 19.6 Å². The molecule has 0 N–H and O–H groups in total. The van der Waals surface area contributed by atoms with E-state index in [9.17, 15) is 4.79 Å². The number of nitrogens with zero attached hydrogens (tertiary/aromatic N) is 1. The number of piperidine rings is 1. The van der Waals surface area contributed by atoms with Crippen molar-refractivity contribution in [2.24, 2.45) is 5.92 Å². The average molecular weight is 281 g/mol. The summed E-state index contributed by atoms with van der Waals surface area (Å²) < 4.78 is 5.42. The number of amides is 1. The van der Waals surface area contributed by atoms with Crippen LogP contribution in [0.5, 0.6) is 0 Å². The van der Waals surface area contributed by atoms with Crippen molar-refractivity contribution in [3.8, 4) is 11.5 Å². The summed E-state index contributed by atoms with van der Waals surface area (Å²) in [5, 5.41) is 0. The van der Waals surface area contributed by atoms with E-state index in [0.29, 0.717) is 12.5 Å². The first kappa shape index (κ1) is 16.1. The Bertz CT molecular complexity index is 382. The zero-order valence-corrected chi connectivity index (χ0v) is 14.2. The minimum Gasteiger partial charge on any atom is -0.444 e. The van der Waals surface area contributed by atoms with Crippen LogP contribution in [0.3, 0.4) is 0 Å². The Balaban J connectivity index is 2.59. The molecule has 0 radical (unpaired) electrons. The zero-order chi connectivity index (χ0) is 14.7. The van der Waals surface area contributed by atoms with Crippen LogP contribution >= 0.6 is 0 Å². The van der Waals surface area contributed by atoms with E-state index < -0.39 is 13.7 Å². The summed E-state index contributed by atoms with van der Waals surface area (Å²) in [7, 11) is -1.32. The van der Waals surface area contributed by atoms with E-state index >= 15 is 0 Å². The molecule has 1 fully saturated rings. The maximum atomic E-state index is 12.0. The van der Waals surface area contributed by atoms with E-state index in [-0.39, 0.29) is 6.09 Å². The molecule has 1 heterocycles. The van der Waals surface area contributed by atoms with Gasteiger partial charge in [0.2, 0.25) is 0 Å². The summed E-state index contributed by atoms with van der Waals surface area (Å²) in [4.78, 5) is 13.8. The molecule has 1 atom stereocenters. The Hall–Kier alpha value is -0.953. The highest BCUT2D eigenvalue weighted by molar-refractivity contribution is 6.83. The predicted octanol–water partition coefficient (Wildman–Crippen LogP) is 3.51. The monoisotopic (exact) mass is 281 g/mol. The molecule has 1 amide bonds. The van der Waals surface area contributed by atoms with Crippen LogP contribution in [0, 0.1) is 17.4 Å². The summed E-state index contributed by atoms with van der Waals surface area (Å²) in [5.41, 5.74) is 2.99. The van der Waals surface area contributed by atoms with E-state index in [1.807, 2.05) is 20.8 Å². The van der Waals surface area contributed by atoms with Crippen LogP contribution in [0.4, 0.5) is 4.79 Å². The van der Waals surface area contributed by atoms with Gasteiger partial charge in [0.15, 0.2) is 0 Å². The maximum Gasteiger partial charge on any atom is 0.410 e. The molecular formula is C15H27NO2Si. The molecule has 0 aromatic rings. The summed E-state index contributed by atoms with van der Waals surface area (Å²) >= 11 is 0. The molecule has 0 aliphatic carbocycles. The van der Waals surface area contributed by atoms with E-state index in [1.54, 1.807) is 4.90 Å². The molecule has 1 aliphatic heterocycles. The molecule has 108 valence electrons. The van der Waals surface area contributed by atoms with Gasteiger partial charge in [-0.25, -0.2) is 4.79 Å². The molecule has 0 aromatic carbocycles. The van der Waals surface area contributed by atoms with Crippen molar-refractivity contribution in [2.45, 2.75) is 58.9 Å². The molecule has 1 saturated heterocycles. The molecule has 0 spiro atoms. The van der Waals surface area contributed by atoms with Gasteiger partial charge in [0.25, 0.3) is 0 Å². The molecular weight excluding hydrogens is 254 g/mol. The second kappa shape index (κ2) is 6.00. The summed E-state index contributed by atoms with van der Waals surface area (Å²) in [6.45, 7) is 13.9. The van der Waals surface area contributed by atoms with Crippen molar-refractivity contribution in [2.75, 3.05) is 13.1 Å². The Labute approximate surface area is 118 Å². The van der Waals surface area contributed by atoms with Gasteiger partial charge in [0.1, 0.15) is 13.7 Å². The molecule has 1 aliphatic rings. The molecule has 1 unspecified atom stereocenters. The van der Waals surface area contributed by atoms with Crippen LogP contribution in [0.25, 0.3) is 0 Å². The third-order valence-corrected chi connectivity index (χ3v) is 3.62. The lowest BCUT2D eigenvalue weighted by Crippen LogP contribution is -2.42. The van der Waals surface area contributed by atoms with Gasteiger partial charge >= 0.3 is 6.09 Å². The fourth-order valence-electron chi connectivity index (χ4n) is 1.91. The van der Waals surface area contributed by atoms with Crippen LogP contribution in [0.1, 0.15) is 33.6 Å². The first-order valence-corrected chi connectivity index (χ1v) is 10.6. The van der Waals surface area contributed by atoms with Crippen molar-refractivity contribution < 1.29 is 9.53 Å². The van der Waals surface area contributed by atoms with Crippen molar-refractivity contribution in [1.29, 1.82) is 0 Å². The van der Waals surface area contributed by atoms with Crippen LogP contribution in [0.15, 0.2) is 0 Å². The van der Waals surface area contributed by atoms with Crippen molar-refractivity contribution in [1.82, 2.24) is 4.90 Å². The Morgan fingerprint density at radius 1 is 1.32 bits per heavy atom. The zero-order valence-electron chi connectivity index (χ0n) is 13.2. The van der Waals surface area contributed by atoms with Crippen molar-refractivity contribution in [3.63, 3.8) is 0 Å². The number of hydrogen-bond acceptors (Lipinski definition) is 2. The van der Waals surface area contributed by atoms with Gasteiger partial charge in [-0.3, -0.25) is 0 Å². The molecule has 3 nitrogen and oxygen atoms in total. The predicted molar refractivity (Wildman–Crippen MR) is 81.7 cm³/mol. The summed E-state index contributed by atoms with van der Waals surface area (Å²) in [6.07, 6.45) is 1.91. The van der Waals surface area contributed by atoms with Crippen LogP contribution in [-0.2, 0) is 4.74 Å². The Morgan fingerprint density at radius 3 is 2.47 bits per heavy atom. The maximum absolute atomic E-state index is 12.0. The van der Waals surface area contributed by atoms with E-state index in [0.717, 1.165) is 19.4 Å². The SMILES string of the molecule is CC(C)(C)OC(=O)N1CCCC(C#C[Si](C)(C)C)C1. The van der Waals surface area contributed by atoms with Gasteiger partial charge in [0.05, 0.1) is 0 Å². The molecule has 0 saturated carbocycles. The van der Waals surface area contributed by atoms with E-state index in [1.165, 1.54) is 0 Å². The van der Waals surface area contributed by atoms with Gasteiger partial charge in [-0.2, -0.15) is 0 Å². The average Bonchev–Trinajstić information content (AvgIpc) is 2.23. The van der Waals surface area contributed by atoms with Crippen molar-refractivity contribution in [3.05, 3.63) is 0 Å². The summed E-state index contributed by atoms with van der Waals surface area (Å²) in [6, 6.07) is 0. The number of hydrogen-bond donors (Lipinski definition) is 0. The number of carbonyl (C=O) groups is 1. The lowest BCUT2D eigenvalue weighted by molar-refractivity contribution is 0.0190. The van der Waals surface area contributed by atoms with Gasteiger partial charge in [0, 0.05) is 19.0 Å². The van der Waals surface area contributed by atoms with Gasteiger partial charge < -0.3 is 9.64 Å². The Kier molecular flexibility index (Phi) is 5.09. The molecule has 0 aromatic heterocycles. The third-order valence-electron chi connectivity index (χ3n) is 2.72. The van der Waals surface area contributed by atoms with Crippen LogP contribution in [-0.4, -0.2) is 37.8 Å². The first-order valence-electron chi connectivity index (χ1n) is 7.07. The van der Waals surface area contributed by atoms with Gasteiger partial charge in [-0.1, -0.05) is 19.6 Å². The second-order valence-electron chi connectivity index (χ2n) is 7.28. The fraction of sp³-hybridized carbons (Fsp3) is 0.800. The number of rotatable bonds is 0. The highest BCUT2D eigenvalue weighted by atomic mass is 28.3. The smallest absolute Gasteiger partial charge is 0.410 e. The molecule has 4 heteroatoms. The van der Waals surface area contributed by atoms with E-state index in [2.05, 4.69) is 31.1 Å². The third kappa shape index (κ3) is 6.67. The lowest BCUT2D eigenvalue weighted by atomic mass is 9.99. The largest absolute Gasteiger partial charge is 0.444 e. The topological polar surface area (TPSA) is 29.5 Å². The first-order chi connectivity index (χ1) is 8.57. The summed E-state index contributed by atoms with van der Waals surface area (Å²) in [5.74, 6) is 3.68. The minimum absolute atomic E-state index is 0.202. The quantitative estimate of drug-likeness (QED) is 0.502. The van der Waals surface area contributed by atoms with Gasteiger partial charge in [-0.05, 0) is 33.6 Å². The number of ether oxygens (including phenoxy) is 1. The molecule has 19 heavy (non-hydrogen) atoms. The van der Waals surface area contributed by atoms with Crippen LogP contribution < -0.4 is 0 Å².